The number of aryl methyl sites for hydroxylation is 2. The highest BCUT2D eigenvalue weighted by Gasteiger charge is 2.23. The Bertz CT molecular complexity index is 1250. The van der Waals surface area contributed by atoms with Gasteiger partial charge in [-0.2, -0.15) is 0 Å². The van der Waals surface area contributed by atoms with Gasteiger partial charge in [0, 0.05) is 61.7 Å². The van der Waals surface area contributed by atoms with Crippen LogP contribution in [-0.2, 0) is 17.7 Å². The van der Waals surface area contributed by atoms with E-state index in [4.69, 9.17) is 9.47 Å². The van der Waals surface area contributed by atoms with E-state index in [9.17, 15) is 23.5 Å². The van der Waals surface area contributed by atoms with Crippen molar-refractivity contribution in [1.29, 1.82) is 0 Å². The fourth-order valence-corrected chi connectivity index (χ4v) is 3.88. The first-order valence-electron chi connectivity index (χ1n) is 10.1. The predicted octanol–water partition coefficient (Wildman–Crippen LogP) is 4.13. The van der Waals surface area contributed by atoms with Gasteiger partial charge in [-0.15, -0.1) is 0 Å². The minimum atomic E-state index is -1.29. The lowest BCUT2D eigenvalue weighted by atomic mass is 9.91. The van der Waals surface area contributed by atoms with Gasteiger partial charge in [-0.25, -0.2) is 13.6 Å². The van der Waals surface area contributed by atoms with Gasteiger partial charge in [0.1, 0.15) is 22.9 Å². The first-order chi connectivity index (χ1) is 15.4. The average molecular weight is 441 g/mol. The molecule has 6 nitrogen and oxygen atoms in total. The van der Waals surface area contributed by atoms with Crippen LogP contribution in [0, 0.1) is 11.6 Å². The van der Waals surface area contributed by atoms with Crippen molar-refractivity contribution in [2.24, 2.45) is 0 Å². The number of pyridine rings is 1. The number of benzene rings is 2. The van der Waals surface area contributed by atoms with E-state index in [1.807, 2.05) is 0 Å². The molecule has 0 radical (unpaired) electrons. The minimum absolute atomic E-state index is 0.164. The van der Waals surface area contributed by atoms with Gasteiger partial charge < -0.3 is 19.1 Å². The van der Waals surface area contributed by atoms with Crippen molar-refractivity contribution in [2.45, 2.75) is 19.4 Å². The Hall–Kier alpha value is -3.52. The Morgan fingerprint density at radius 3 is 2.62 bits per heavy atom. The smallest absolute Gasteiger partial charge is 0.341 e. The number of aromatic carboxylic acids is 1. The fourth-order valence-electron chi connectivity index (χ4n) is 3.88. The summed E-state index contributed by atoms with van der Waals surface area (Å²) in [6, 6.07) is 8.12. The zero-order chi connectivity index (χ0) is 22.8. The van der Waals surface area contributed by atoms with Crippen LogP contribution in [0.25, 0.3) is 22.4 Å². The second-order valence-corrected chi connectivity index (χ2v) is 7.51. The van der Waals surface area contributed by atoms with Crippen LogP contribution >= 0.6 is 0 Å². The molecule has 0 bridgehead atoms. The van der Waals surface area contributed by atoms with Gasteiger partial charge in [0.2, 0.25) is 0 Å². The molecular weight excluding hydrogens is 420 g/mol. The van der Waals surface area contributed by atoms with Crippen molar-refractivity contribution in [1.82, 2.24) is 4.57 Å². The third-order valence-electron chi connectivity index (χ3n) is 5.43. The summed E-state index contributed by atoms with van der Waals surface area (Å²) in [5, 5.41) is 9.25. The van der Waals surface area contributed by atoms with E-state index < -0.39 is 23.0 Å². The maximum Gasteiger partial charge on any atom is 0.341 e. The van der Waals surface area contributed by atoms with Crippen LogP contribution in [0.1, 0.15) is 22.3 Å². The highest BCUT2D eigenvalue weighted by atomic mass is 19.1. The fraction of sp³-hybridized carbons (Fsp3) is 0.250. The summed E-state index contributed by atoms with van der Waals surface area (Å²) < 4.78 is 40.8. The monoisotopic (exact) mass is 441 g/mol. The number of rotatable bonds is 7. The molecule has 1 aliphatic rings. The molecule has 0 spiro atoms. The molecule has 32 heavy (non-hydrogen) atoms. The van der Waals surface area contributed by atoms with Gasteiger partial charge in [-0.1, -0.05) is 0 Å². The van der Waals surface area contributed by atoms with Crippen molar-refractivity contribution in [3.05, 3.63) is 75.6 Å². The molecule has 2 heterocycles. The molecule has 0 amide bonds. The van der Waals surface area contributed by atoms with E-state index in [2.05, 4.69) is 0 Å². The predicted molar refractivity (Wildman–Crippen MR) is 114 cm³/mol. The molecule has 1 aromatic heterocycles. The number of methoxy groups -OCH3 is 1. The summed E-state index contributed by atoms with van der Waals surface area (Å²) in [5.41, 5.74) is 1.77. The Morgan fingerprint density at radius 2 is 1.91 bits per heavy atom. The third-order valence-corrected chi connectivity index (χ3v) is 5.43. The molecule has 0 saturated carbocycles. The summed E-state index contributed by atoms with van der Waals surface area (Å²) in [6.07, 6.45) is 2.54. The van der Waals surface area contributed by atoms with E-state index in [1.165, 1.54) is 24.4 Å². The molecule has 4 rings (SSSR count). The van der Waals surface area contributed by atoms with Crippen molar-refractivity contribution < 1.29 is 28.2 Å². The highest BCUT2D eigenvalue weighted by molar-refractivity contribution is 5.88. The standard InChI is InChI=1S/C24H21F2NO5/c1-31-7-2-8-32-23-9-14-5-6-27-13-19(24(29)30)22(28)12-21(27)17(14)11-18(23)16-4-3-15(25)10-20(16)26/h3-4,9-13H,2,5-8H2,1H3,(H,29,30). The molecule has 0 fully saturated rings. The number of carbonyl (C=O) groups is 1. The normalized spacial score (nSPS) is 12.2. The molecule has 0 atom stereocenters. The highest BCUT2D eigenvalue weighted by Crippen LogP contribution is 2.40. The molecule has 166 valence electrons. The SMILES string of the molecule is COCCCOc1cc2c(cc1-c1ccc(F)cc1F)-c1cc(=O)c(C(=O)O)cn1CC2. The summed E-state index contributed by atoms with van der Waals surface area (Å²) in [4.78, 5) is 23.7. The number of hydrogen-bond donors (Lipinski definition) is 1. The Morgan fingerprint density at radius 1 is 1.09 bits per heavy atom. The quantitative estimate of drug-likeness (QED) is 0.558. The molecule has 2 aromatic carbocycles. The number of ether oxygens (including phenoxy) is 2. The number of halogens is 2. The van der Waals surface area contributed by atoms with Gasteiger partial charge in [0.25, 0.3) is 0 Å². The van der Waals surface area contributed by atoms with Crippen LogP contribution in [0.5, 0.6) is 5.75 Å². The molecule has 0 saturated heterocycles. The van der Waals surface area contributed by atoms with E-state index in [0.717, 1.165) is 11.6 Å². The lowest BCUT2D eigenvalue weighted by Crippen LogP contribution is -2.22. The summed E-state index contributed by atoms with van der Waals surface area (Å²) >= 11 is 0. The number of carboxylic acids is 1. The first-order valence-corrected chi connectivity index (χ1v) is 10.1. The second-order valence-electron chi connectivity index (χ2n) is 7.51. The van der Waals surface area contributed by atoms with Crippen molar-refractivity contribution in [3.8, 4) is 28.1 Å². The van der Waals surface area contributed by atoms with Gasteiger partial charge in [-0.05, 0) is 36.2 Å². The van der Waals surface area contributed by atoms with Gasteiger partial charge >= 0.3 is 5.97 Å². The number of hydrogen-bond acceptors (Lipinski definition) is 4. The Balaban J connectivity index is 1.86. The summed E-state index contributed by atoms with van der Waals surface area (Å²) in [5.74, 6) is -2.26. The maximum atomic E-state index is 14.7. The van der Waals surface area contributed by atoms with Crippen molar-refractivity contribution in [3.63, 3.8) is 0 Å². The molecular formula is C24H21F2NO5. The molecule has 0 unspecified atom stereocenters. The van der Waals surface area contributed by atoms with Crippen molar-refractivity contribution in [2.75, 3.05) is 20.3 Å². The third kappa shape index (κ3) is 4.13. The minimum Gasteiger partial charge on any atom is -0.493 e. The van der Waals surface area contributed by atoms with E-state index in [-0.39, 0.29) is 11.1 Å². The van der Waals surface area contributed by atoms with Crippen LogP contribution in [0.15, 0.2) is 47.4 Å². The van der Waals surface area contributed by atoms with E-state index in [1.54, 1.807) is 23.8 Å². The lowest BCUT2D eigenvalue weighted by Gasteiger charge is -2.25. The van der Waals surface area contributed by atoms with E-state index in [0.29, 0.717) is 55.2 Å². The second kappa shape index (κ2) is 8.92. The van der Waals surface area contributed by atoms with Crippen LogP contribution in [-0.4, -0.2) is 36.0 Å². The summed E-state index contributed by atoms with van der Waals surface area (Å²) in [7, 11) is 1.59. The van der Waals surface area contributed by atoms with Gasteiger partial charge in [0.05, 0.1) is 12.3 Å². The Kier molecular flexibility index (Phi) is 6.05. The first kappa shape index (κ1) is 21.7. The zero-order valence-corrected chi connectivity index (χ0v) is 17.4. The van der Waals surface area contributed by atoms with Crippen LogP contribution in [0.4, 0.5) is 8.78 Å². The molecule has 1 aliphatic heterocycles. The van der Waals surface area contributed by atoms with Gasteiger partial charge in [0.15, 0.2) is 5.43 Å². The number of nitrogens with zero attached hydrogens (tertiary/aromatic N) is 1. The lowest BCUT2D eigenvalue weighted by molar-refractivity contribution is 0.0694. The van der Waals surface area contributed by atoms with Crippen LogP contribution < -0.4 is 10.2 Å². The topological polar surface area (TPSA) is 77.8 Å². The number of fused-ring (bicyclic) bond motifs is 3. The average Bonchev–Trinajstić information content (AvgIpc) is 2.76. The van der Waals surface area contributed by atoms with Crippen LogP contribution in [0.3, 0.4) is 0 Å². The Labute approximate surface area is 182 Å². The number of aromatic nitrogens is 1. The van der Waals surface area contributed by atoms with Gasteiger partial charge in [-0.3, -0.25) is 4.79 Å². The zero-order valence-electron chi connectivity index (χ0n) is 17.4. The molecule has 0 aliphatic carbocycles. The van der Waals surface area contributed by atoms with Crippen molar-refractivity contribution >= 4 is 5.97 Å². The van der Waals surface area contributed by atoms with E-state index >= 15 is 0 Å². The molecule has 3 aromatic rings. The number of carboxylic acid groups (broad SMARTS) is 1. The van der Waals surface area contributed by atoms with Crippen LogP contribution in [0.2, 0.25) is 0 Å². The molecule has 1 N–H and O–H groups in total. The largest absolute Gasteiger partial charge is 0.493 e. The maximum absolute atomic E-state index is 14.7. The summed E-state index contributed by atoms with van der Waals surface area (Å²) in [6.45, 7) is 1.34. The molecule has 8 heteroatoms.